The molecule has 0 saturated carbocycles. The average molecular weight is 388 g/mol. The fraction of sp³-hybridized carbons (Fsp3) is 0.476. The largest absolute Gasteiger partial charge is 0.481 e. The Morgan fingerprint density at radius 2 is 1.93 bits per heavy atom. The van der Waals surface area contributed by atoms with Crippen molar-refractivity contribution in [3.63, 3.8) is 0 Å². The summed E-state index contributed by atoms with van der Waals surface area (Å²) < 4.78 is 22.4. The lowest BCUT2D eigenvalue weighted by molar-refractivity contribution is -0.176. The summed E-state index contributed by atoms with van der Waals surface area (Å²) in [5.41, 5.74) is -0.518. The van der Waals surface area contributed by atoms with Gasteiger partial charge in [0.2, 0.25) is 0 Å². The molecule has 1 aromatic heterocycles. The van der Waals surface area contributed by atoms with Gasteiger partial charge in [-0.2, -0.15) is 0 Å². The highest BCUT2D eigenvalue weighted by Crippen LogP contribution is 2.45. The van der Waals surface area contributed by atoms with E-state index in [1.165, 1.54) is 13.0 Å². The van der Waals surface area contributed by atoms with Crippen LogP contribution in [0.3, 0.4) is 0 Å². The van der Waals surface area contributed by atoms with Gasteiger partial charge in [-0.1, -0.05) is 13.8 Å². The van der Waals surface area contributed by atoms with Crippen LogP contribution in [-0.2, 0) is 19.1 Å². The quantitative estimate of drug-likeness (QED) is 0.571. The second kappa shape index (κ2) is 7.30. The average Bonchev–Trinajstić information content (AvgIpc) is 2.89. The lowest BCUT2D eigenvalue weighted by atomic mass is 9.93. The van der Waals surface area contributed by atoms with Crippen molar-refractivity contribution in [1.29, 1.82) is 0 Å². The fourth-order valence-corrected chi connectivity index (χ4v) is 3.38. The zero-order valence-corrected chi connectivity index (χ0v) is 16.6. The Kier molecular flexibility index (Phi) is 5.19. The molecule has 0 aliphatic carbocycles. The normalized spacial score (nSPS) is 18.6. The van der Waals surface area contributed by atoms with Crippen molar-refractivity contribution in [3.8, 4) is 5.75 Å². The first-order valence-electron chi connectivity index (χ1n) is 9.20. The third kappa shape index (κ3) is 4.03. The lowest BCUT2D eigenvalue weighted by Crippen LogP contribution is -2.46. The molecule has 0 amide bonds. The molecule has 1 aliphatic heterocycles. The zero-order valence-electron chi connectivity index (χ0n) is 16.6. The summed E-state index contributed by atoms with van der Waals surface area (Å²) in [6.07, 6.45) is -1.24. The van der Waals surface area contributed by atoms with Gasteiger partial charge in [-0.15, -0.1) is 0 Å². The minimum Gasteiger partial charge on any atom is -0.481 e. The molecule has 0 radical (unpaired) electrons. The van der Waals surface area contributed by atoms with Gasteiger partial charge in [0.25, 0.3) is 0 Å². The number of carbonyl (C=O) groups excluding carboxylic acids is 2. The number of ether oxygens (including phenoxy) is 3. The van der Waals surface area contributed by atoms with Crippen molar-refractivity contribution in [2.75, 3.05) is 0 Å². The number of hydrogen-bond donors (Lipinski definition) is 0. The Morgan fingerprint density at radius 3 is 2.57 bits per heavy atom. The van der Waals surface area contributed by atoms with Gasteiger partial charge in [0.05, 0.1) is 0 Å². The summed E-state index contributed by atoms with van der Waals surface area (Å²) in [6.45, 7) is 8.57. The first-order chi connectivity index (χ1) is 13.1. The molecule has 150 valence electrons. The first kappa shape index (κ1) is 19.9. The van der Waals surface area contributed by atoms with E-state index in [0.29, 0.717) is 22.3 Å². The van der Waals surface area contributed by atoms with Gasteiger partial charge < -0.3 is 18.6 Å². The number of benzene rings is 1. The molecule has 1 aliphatic rings. The van der Waals surface area contributed by atoms with Gasteiger partial charge in [0.15, 0.2) is 12.2 Å². The van der Waals surface area contributed by atoms with Crippen molar-refractivity contribution in [3.05, 3.63) is 40.2 Å². The second-order valence-corrected chi connectivity index (χ2v) is 7.93. The Bertz CT molecular complexity index is 970. The van der Waals surface area contributed by atoms with Gasteiger partial charge in [-0.25, -0.2) is 4.79 Å². The van der Waals surface area contributed by atoms with Crippen LogP contribution >= 0.6 is 0 Å². The molecule has 0 fully saturated rings. The van der Waals surface area contributed by atoms with Crippen LogP contribution in [-0.4, -0.2) is 23.6 Å². The van der Waals surface area contributed by atoms with Crippen LogP contribution in [0.15, 0.2) is 33.5 Å². The summed E-state index contributed by atoms with van der Waals surface area (Å²) in [6, 6.07) is 6.33. The number of rotatable bonds is 5. The molecule has 0 N–H and O–H groups in total. The molecule has 2 atom stereocenters. The Morgan fingerprint density at radius 1 is 1.21 bits per heavy atom. The maximum Gasteiger partial charge on any atom is 0.336 e. The molecular formula is C21H24O7. The topological polar surface area (TPSA) is 92.0 Å². The van der Waals surface area contributed by atoms with E-state index >= 15 is 0 Å². The Labute approximate surface area is 162 Å². The van der Waals surface area contributed by atoms with Crippen LogP contribution in [0.1, 0.15) is 52.7 Å². The third-order valence-electron chi connectivity index (χ3n) is 4.51. The van der Waals surface area contributed by atoms with Crippen molar-refractivity contribution < 1.29 is 28.2 Å². The fourth-order valence-electron chi connectivity index (χ4n) is 3.38. The summed E-state index contributed by atoms with van der Waals surface area (Å²) in [5.74, 6) is -0.262. The Balaban J connectivity index is 2.04. The number of esters is 2. The molecule has 0 unspecified atom stereocenters. The number of fused-ring (bicyclic) bond motifs is 2. The molecule has 0 saturated heterocycles. The highest BCUT2D eigenvalue weighted by molar-refractivity contribution is 5.80. The summed E-state index contributed by atoms with van der Waals surface area (Å²) in [5, 5.41) is 0.679. The van der Waals surface area contributed by atoms with E-state index in [1.54, 1.807) is 32.0 Å². The predicted octanol–water partition coefficient (Wildman–Crippen LogP) is 3.53. The first-order valence-corrected chi connectivity index (χ1v) is 9.20. The van der Waals surface area contributed by atoms with Crippen LogP contribution in [0.5, 0.6) is 5.75 Å². The molecule has 2 heterocycles. The van der Waals surface area contributed by atoms with Gasteiger partial charge in [-0.05, 0) is 31.9 Å². The standard InChI is InChI=1S/C21H24O7/c1-11(2)8-18(24)27-19-14-9-13-6-7-17(23)25-15(13)10-16(14)26-20(19)21(4,5)28-12(3)22/h6-7,9-11,19-20H,8H2,1-5H3/t19-,20+/m0/s1. The maximum atomic E-state index is 12.4. The van der Waals surface area contributed by atoms with E-state index in [9.17, 15) is 14.4 Å². The van der Waals surface area contributed by atoms with Crippen LogP contribution in [0.4, 0.5) is 0 Å². The van der Waals surface area contributed by atoms with E-state index in [-0.39, 0.29) is 18.3 Å². The third-order valence-corrected chi connectivity index (χ3v) is 4.51. The maximum absolute atomic E-state index is 12.4. The zero-order chi connectivity index (χ0) is 20.6. The summed E-state index contributed by atoms with van der Waals surface area (Å²) in [4.78, 5) is 35.4. The van der Waals surface area contributed by atoms with Gasteiger partial charge in [-0.3, -0.25) is 9.59 Å². The second-order valence-electron chi connectivity index (χ2n) is 7.93. The van der Waals surface area contributed by atoms with Crippen molar-refractivity contribution >= 4 is 22.9 Å². The van der Waals surface area contributed by atoms with E-state index in [0.717, 1.165) is 0 Å². The van der Waals surface area contributed by atoms with E-state index in [4.69, 9.17) is 18.6 Å². The molecule has 28 heavy (non-hydrogen) atoms. The number of carbonyl (C=O) groups is 2. The van der Waals surface area contributed by atoms with Gasteiger partial charge >= 0.3 is 17.6 Å². The van der Waals surface area contributed by atoms with E-state index in [1.807, 2.05) is 13.8 Å². The SMILES string of the molecule is CC(=O)OC(C)(C)[C@@H]1Oc2cc3oc(=O)ccc3cc2[C@@H]1OC(=O)CC(C)C. The van der Waals surface area contributed by atoms with Crippen LogP contribution < -0.4 is 10.4 Å². The van der Waals surface area contributed by atoms with Crippen LogP contribution in [0, 0.1) is 5.92 Å². The van der Waals surface area contributed by atoms with Crippen LogP contribution in [0.25, 0.3) is 11.0 Å². The summed E-state index contributed by atoms with van der Waals surface area (Å²) in [7, 11) is 0. The minimum atomic E-state index is -1.05. The predicted molar refractivity (Wildman–Crippen MR) is 101 cm³/mol. The molecule has 7 heteroatoms. The molecule has 0 bridgehead atoms. The molecule has 0 spiro atoms. The monoisotopic (exact) mass is 388 g/mol. The van der Waals surface area contributed by atoms with E-state index in [2.05, 4.69) is 0 Å². The van der Waals surface area contributed by atoms with Crippen molar-refractivity contribution in [1.82, 2.24) is 0 Å². The smallest absolute Gasteiger partial charge is 0.336 e. The molecule has 2 aromatic rings. The molecular weight excluding hydrogens is 364 g/mol. The lowest BCUT2D eigenvalue weighted by Gasteiger charge is -2.33. The van der Waals surface area contributed by atoms with Crippen molar-refractivity contribution in [2.45, 2.75) is 58.8 Å². The number of hydrogen-bond acceptors (Lipinski definition) is 7. The van der Waals surface area contributed by atoms with Gasteiger partial charge in [0, 0.05) is 36.4 Å². The highest BCUT2D eigenvalue weighted by atomic mass is 16.6. The molecule has 7 nitrogen and oxygen atoms in total. The molecule has 3 rings (SSSR count). The van der Waals surface area contributed by atoms with E-state index < -0.39 is 29.4 Å². The minimum absolute atomic E-state index is 0.139. The van der Waals surface area contributed by atoms with Gasteiger partial charge in [0.1, 0.15) is 16.9 Å². The summed E-state index contributed by atoms with van der Waals surface area (Å²) >= 11 is 0. The highest BCUT2D eigenvalue weighted by Gasteiger charge is 2.48. The Hall–Kier alpha value is -2.83. The van der Waals surface area contributed by atoms with Crippen LogP contribution in [0.2, 0.25) is 0 Å². The van der Waals surface area contributed by atoms with Crippen molar-refractivity contribution in [2.24, 2.45) is 5.92 Å². The molecule has 1 aromatic carbocycles.